The minimum absolute atomic E-state index is 0.0368. The zero-order valence-electron chi connectivity index (χ0n) is 11.3. The van der Waals surface area contributed by atoms with Crippen LogP contribution in [0.5, 0.6) is 0 Å². The third-order valence-electron chi connectivity index (χ3n) is 5.50. The topological polar surface area (TPSA) is 17.1 Å². The Morgan fingerprint density at radius 1 is 1.12 bits per heavy atom. The first-order valence-electron chi connectivity index (χ1n) is 6.84. The Labute approximate surface area is 100.0 Å². The molecule has 0 spiro atoms. The van der Waals surface area contributed by atoms with Gasteiger partial charge in [-0.15, -0.1) is 0 Å². The van der Waals surface area contributed by atoms with Gasteiger partial charge in [0, 0.05) is 5.41 Å². The number of carbonyl (C=O) groups excluding carboxylic acids is 1. The number of fused-ring (bicyclic) bond motifs is 1. The Balaban J connectivity index is 2.10. The monoisotopic (exact) mass is 222 g/mol. The van der Waals surface area contributed by atoms with E-state index in [1.165, 1.54) is 25.5 Å². The second-order valence-corrected chi connectivity index (χ2v) is 7.29. The Morgan fingerprint density at radius 3 is 2.31 bits per heavy atom. The summed E-state index contributed by atoms with van der Waals surface area (Å²) in [6.45, 7) is 9.35. The molecule has 1 heteroatoms. The van der Waals surface area contributed by atoms with E-state index >= 15 is 0 Å². The Kier molecular flexibility index (Phi) is 2.92. The lowest BCUT2D eigenvalue weighted by molar-refractivity contribution is -0.120. The van der Waals surface area contributed by atoms with Crippen molar-refractivity contribution in [3.05, 3.63) is 0 Å². The van der Waals surface area contributed by atoms with E-state index < -0.39 is 0 Å². The normalized spacial score (nSPS) is 47.1. The van der Waals surface area contributed by atoms with Gasteiger partial charge < -0.3 is 4.79 Å². The largest absolute Gasteiger partial charge is 0.303 e. The fraction of sp³-hybridized carbons (Fsp3) is 0.933. The number of hydrogen-bond donors (Lipinski definition) is 0. The van der Waals surface area contributed by atoms with Crippen molar-refractivity contribution in [1.82, 2.24) is 0 Å². The smallest absolute Gasteiger partial charge is 0.125 e. The molecule has 16 heavy (non-hydrogen) atoms. The fourth-order valence-electron chi connectivity index (χ4n) is 4.02. The molecule has 2 rings (SSSR count). The minimum atomic E-state index is -0.0368. The number of carbonyl (C=O) groups is 1. The van der Waals surface area contributed by atoms with Crippen molar-refractivity contribution in [2.75, 3.05) is 0 Å². The van der Waals surface area contributed by atoms with Gasteiger partial charge in [0.2, 0.25) is 0 Å². The first-order chi connectivity index (χ1) is 7.38. The van der Waals surface area contributed by atoms with Crippen LogP contribution in [0.15, 0.2) is 0 Å². The molecule has 0 aromatic rings. The van der Waals surface area contributed by atoms with Crippen molar-refractivity contribution in [3.63, 3.8) is 0 Å². The Morgan fingerprint density at radius 2 is 1.75 bits per heavy atom. The predicted octanol–water partition coefficient (Wildman–Crippen LogP) is 4.06. The molecule has 92 valence electrons. The van der Waals surface area contributed by atoms with E-state index in [0.717, 1.165) is 30.6 Å². The van der Waals surface area contributed by atoms with E-state index in [1.807, 2.05) is 0 Å². The van der Waals surface area contributed by atoms with Gasteiger partial charge in [0.05, 0.1) is 0 Å². The molecular formula is C15H26O. The summed E-state index contributed by atoms with van der Waals surface area (Å²) in [4.78, 5) is 11.2. The maximum absolute atomic E-state index is 11.2. The lowest BCUT2D eigenvalue weighted by atomic mass is 9.49. The lowest BCUT2D eigenvalue weighted by Crippen LogP contribution is -2.48. The van der Waals surface area contributed by atoms with Gasteiger partial charge in [-0.2, -0.15) is 0 Å². The Bertz CT molecular complexity index is 281. The van der Waals surface area contributed by atoms with Crippen LogP contribution in [-0.2, 0) is 4.79 Å². The summed E-state index contributed by atoms with van der Waals surface area (Å²) >= 11 is 0. The average molecular weight is 222 g/mol. The summed E-state index contributed by atoms with van der Waals surface area (Å²) in [7, 11) is 0. The molecule has 0 radical (unpaired) electrons. The maximum Gasteiger partial charge on any atom is 0.125 e. The van der Waals surface area contributed by atoms with Crippen LogP contribution < -0.4 is 0 Å². The summed E-state index contributed by atoms with van der Waals surface area (Å²) in [6.07, 6.45) is 7.32. The minimum Gasteiger partial charge on any atom is -0.303 e. The number of aldehydes is 1. The second-order valence-electron chi connectivity index (χ2n) is 7.29. The lowest BCUT2D eigenvalue weighted by Gasteiger charge is -2.56. The third kappa shape index (κ3) is 1.94. The molecule has 0 unspecified atom stereocenters. The maximum atomic E-state index is 11.2. The van der Waals surface area contributed by atoms with E-state index in [0.29, 0.717) is 5.41 Å². The zero-order chi connectivity index (χ0) is 12.0. The van der Waals surface area contributed by atoms with E-state index in [2.05, 4.69) is 27.7 Å². The summed E-state index contributed by atoms with van der Waals surface area (Å²) < 4.78 is 0. The summed E-state index contributed by atoms with van der Waals surface area (Å²) in [5.74, 6) is 2.62. The highest BCUT2D eigenvalue weighted by molar-refractivity contribution is 5.58. The summed E-state index contributed by atoms with van der Waals surface area (Å²) in [6, 6.07) is 0. The van der Waals surface area contributed by atoms with Crippen molar-refractivity contribution in [1.29, 1.82) is 0 Å². The standard InChI is InChI=1S/C15H26O/c1-11-5-7-15(4,10-16)8-6-13-12(11)9-14(13,2)3/h10-13H,5-9H2,1-4H3/t11-,12+,13+,15+/m1/s1. The van der Waals surface area contributed by atoms with Crippen LogP contribution in [-0.4, -0.2) is 6.29 Å². The Hall–Kier alpha value is -0.330. The molecule has 0 bridgehead atoms. The van der Waals surface area contributed by atoms with Crippen LogP contribution in [0.25, 0.3) is 0 Å². The molecule has 0 N–H and O–H groups in total. The van der Waals surface area contributed by atoms with Gasteiger partial charge in [0.1, 0.15) is 6.29 Å². The van der Waals surface area contributed by atoms with Crippen LogP contribution in [0.3, 0.4) is 0 Å². The van der Waals surface area contributed by atoms with Crippen LogP contribution in [0, 0.1) is 28.6 Å². The molecular weight excluding hydrogens is 196 g/mol. The zero-order valence-corrected chi connectivity index (χ0v) is 11.3. The highest BCUT2D eigenvalue weighted by Gasteiger charge is 2.50. The van der Waals surface area contributed by atoms with E-state index in [-0.39, 0.29) is 5.41 Å². The fourth-order valence-corrected chi connectivity index (χ4v) is 4.02. The van der Waals surface area contributed by atoms with E-state index in [9.17, 15) is 4.79 Å². The van der Waals surface area contributed by atoms with Gasteiger partial charge >= 0.3 is 0 Å². The third-order valence-corrected chi connectivity index (χ3v) is 5.50. The van der Waals surface area contributed by atoms with Gasteiger partial charge in [0.25, 0.3) is 0 Å². The van der Waals surface area contributed by atoms with E-state index in [1.54, 1.807) is 0 Å². The van der Waals surface area contributed by atoms with E-state index in [4.69, 9.17) is 0 Å². The highest BCUT2D eigenvalue weighted by Crippen LogP contribution is 2.58. The van der Waals surface area contributed by atoms with Gasteiger partial charge in [-0.25, -0.2) is 0 Å². The molecule has 0 saturated heterocycles. The highest BCUT2D eigenvalue weighted by atomic mass is 16.1. The molecule has 2 fully saturated rings. The second kappa shape index (κ2) is 3.85. The molecule has 0 heterocycles. The van der Waals surface area contributed by atoms with Crippen molar-refractivity contribution < 1.29 is 4.79 Å². The molecule has 1 nitrogen and oxygen atoms in total. The van der Waals surface area contributed by atoms with Gasteiger partial charge in [-0.3, -0.25) is 0 Å². The molecule has 0 aromatic heterocycles. The SMILES string of the molecule is C[C@@H]1CC[C@](C)(C=O)CC[C@H]2[C@H]1CC2(C)C. The first-order valence-corrected chi connectivity index (χ1v) is 6.84. The van der Waals surface area contributed by atoms with Crippen molar-refractivity contribution in [2.45, 2.75) is 59.8 Å². The molecule has 0 aliphatic heterocycles. The number of rotatable bonds is 1. The van der Waals surface area contributed by atoms with Crippen LogP contribution in [0.2, 0.25) is 0 Å². The quantitative estimate of drug-likeness (QED) is 0.611. The van der Waals surface area contributed by atoms with Crippen molar-refractivity contribution in [2.24, 2.45) is 28.6 Å². The summed E-state index contributed by atoms with van der Waals surface area (Å²) in [5.41, 5.74) is 0.491. The van der Waals surface area contributed by atoms with Crippen LogP contribution >= 0.6 is 0 Å². The molecule has 4 atom stereocenters. The van der Waals surface area contributed by atoms with Crippen molar-refractivity contribution >= 4 is 6.29 Å². The first kappa shape index (κ1) is 12.1. The van der Waals surface area contributed by atoms with Crippen LogP contribution in [0.4, 0.5) is 0 Å². The van der Waals surface area contributed by atoms with Crippen molar-refractivity contribution in [3.8, 4) is 0 Å². The number of hydrogen-bond acceptors (Lipinski definition) is 1. The molecule has 2 saturated carbocycles. The molecule has 0 aromatic carbocycles. The average Bonchev–Trinajstić information content (AvgIpc) is 2.22. The van der Waals surface area contributed by atoms with Gasteiger partial charge in [0.15, 0.2) is 0 Å². The summed E-state index contributed by atoms with van der Waals surface area (Å²) in [5, 5.41) is 0. The molecule has 2 aliphatic rings. The molecule has 2 aliphatic carbocycles. The predicted molar refractivity (Wildman–Crippen MR) is 67.2 cm³/mol. The van der Waals surface area contributed by atoms with Gasteiger partial charge in [-0.1, -0.05) is 27.7 Å². The van der Waals surface area contributed by atoms with Gasteiger partial charge in [-0.05, 0) is 55.3 Å². The van der Waals surface area contributed by atoms with Crippen LogP contribution in [0.1, 0.15) is 59.8 Å². The molecule has 0 amide bonds.